The molecule has 0 spiro atoms. The Morgan fingerprint density at radius 3 is 2.87 bits per heavy atom. The van der Waals surface area contributed by atoms with Crippen molar-refractivity contribution in [3.8, 4) is 0 Å². The number of benzene rings is 1. The molecule has 2 aliphatic rings. The van der Waals surface area contributed by atoms with Crippen molar-refractivity contribution in [2.45, 2.75) is 25.7 Å². The number of halogens is 2. The fourth-order valence-corrected chi connectivity index (χ4v) is 3.35. The van der Waals surface area contributed by atoms with Gasteiger partial charge in [-0.25, -0.2) is 8.78 Å². The number of nitrogens with zero attached hydrogens (tertiary/aromatic N) is 1. The Labute approximate surface area is 135 Å². The molecule has 2 unspecified atom stereocenters. The van der Waals surface area contributed by atoms with E-state index < -0.39 is 11.6 Å². The van der Waals surface area contributed by atoms with Gasteiger partial charge in [0.15, 0.2) is 11.6 Å². The SMILES string of the molecule is O=C(CC1C=CCC1)NCC1CCN(c2ccc(F)c(F)c2)C1. The van der Waals surface area contributed by atoms with E-state index in [2.05, 4.69) is 17.5 Å². The molecule has 0 bridgehead atoms. The number of hydrogen-bond donors (Lipinski definition) is 1. The second-order valence-electron chi connectivity index (χ2n) is 6.47. The van der Waals surface area contributed by atoms with Gasteiger partial charge in [-0.15, -0.1) is 0 Å². The van der Waals surface area contributed by atoms with E-state index in [4.69, 9.17) is 0 Å². The predicted octanol–water partition coefficient (Wildman–Crippen LogP) is 3.26. The second-order valence-corrected chi connectivity index (χ2v) is 6.47. The van der Waals surface area contributed by atoms with Gasteiger partial charge in [-0.3, -0.25) is 4.79 Å². The standard InChI is InChI=1S/C18H22F2N2O/c19-16-6-5-15(10-17(16)20)22-8-7-14(12-22)11-21-18(23)9-13-3-1-2-4-13/h1,3,5-6,10,13-14H,2,4,7-9,11-12H2,(H,21,23). The molecular weight excluding hydrogens is 298 g/mol. The third-order valence-electron chi connectivity index (χ3n) is 4.70. The normalized spacial score (nSPS) is 23.5. The summed E-state index contributed by atoms with van der Waals surface area (Å²) < 4.78 is 26.3. The largest absolute Gasteiger partial charge is 0.371 e. The van der Waals surface area contributed by atoms with Crippen molar-refractivity contribution >= 4 is 11.6 Å². The van der Waals surface area contributed by atoms with E-state index in [0.717, 1.165) is 38.4 Å². The second kappa shape index (κ2) is 7.11. The van der Waals surface area contributed by atoms with E-state index in [1.807, 2.05) is 4.90 Å². The van der Waals surface area contributed by atoms with Crippen molar-refractivity contribution in [3.63, 3.8) is 0 Å². The van der Waals surface area contributed by atoms with E-state index >= 15 is 0 Å². The van der Waals surface area contributed by atoms with Gasteiger partial charge in [0.05, 0.1) is 0 Å². The topological polar surface area (TPSA) is 32.3 Å². The monoisotopic (exact) mass is 320 g/mol. The molecule has 0 saturated carbocycles. The lowest BCUT2D eigenvalue weighted by Crippen LogP contribution is -2.31. The van der Waals surface area contributed by atoms with Gasteiger partial charge in [0.2, 0.25) is 5.91 Å². The van der Waals surface area contributed by atoms with Crippen molar-refractivity contribution in [1.29, 1.82) is 0 Å². The molecule has 2 atom stereocenters. The molecule has 1 aromatic rings. The molecule has 1 aromatic carbocycles. The molecule has 1 aliphatic carbocycles. The Hall–Kier alpha value is -1.91. The third-order valence-corrected chi connectivity index (χ3v) is 4.70. The van der Waals surface area contributed by atoms with Crippen molar-refractivity contribution in [3.05, 3.63) is 42.0 Å². The molecule has 1 saturated heterocycles. The van der Waals surface area contributed by atoms with Crippen molar-refractivity contribution in [2.75, 3.05) is 24.5 Å². The lowest BCUT2D eigenvalue weighted by molar-refractivity contribution is -0.121. The summed E-state index contributed by atoms with van der Waals surface area (Å²) in [6.45, 7) is 2.21. The minimum atomic E-state index is -0.822. The van der Waals surface area contributed by atoms with E-state index in [9.17, 15) is 13.6 Å². The average molecular weight is 320 g/mol. The summed E-state index contributed by atoms with van der Waals surface area (Å²) in [7, 11) is 0. The average Bonchev–Trinajstić information content (AvgIpc) is 3.19. The number of allylic oxidation sites excluding steroid dienone is 2. The first-order valence-electron chi connectivity index (χ1n) is 8.25. The zero-order valence-corrected chi connectivity index (χ0v) is 13.1. The molecule has 0 radical (unpaired) electrons. The van der Waals surface area contributed by atoms with Crippen molar-refractivity contribution < 1.29 is 13.6 Å². The number of carbonyl (C=O) groups is 1. The van der Waals surface area contributed by atoms with E-state index in [1.54, 1.807) is 6.07 Å². The molecule has 1 fully saturated rings. The highest BCUT2D eigenvalue weighted by molar-refractivity contribution is 5.76. The first-order valence-corrected chi connectivity index (χ1v) is 8.25. The summed E-state index contributed by atoms with van der Waals surface area (Å²) in [6, 6.07) is 4.00. The minimum absolute atomic E-state index is 0.104. The zero-order chi connectivity index (χ0) is 16.2. The van der Waals surface area contributed by atoms with E-state index in [0.29, 0.717) is 30.5 Å². The molecule has 3 nitrogen and oxygen atoms in total. The summed E-state index contributed by atoms with van der Waals surface area (Å²) in [6.07, 6.45) is 7.91. The number of carbonyl (C=O) groups excluding carboxylic acids is 1. The predicted molar refractivity (Wildman–Crippen MR) is 86.2 cm³/mol. The van der Waals surface area contributed by atoms with Crippen LogP contribution in [0.5, 0.6) is 0 Å². The van der Waals surface area contributed by atoms with Crippen LogP contribution in [0.15, 0.2) is 30.4 Å². The maximum atomic E-state index is 13.3. The van der Waals surface area contributed by atoms with Crippen LogP contribution < -0.4 is 10.2 Å². The Morgan fingerprint density at radius 2 is 2.13 bits per heavy atom. The Kier molecular flexibility index (Phi) is 4.94. The van der Waals surface area contributed by atoms with Crippen LogP contribution in [-0.2, 0) is 4.79 Å². The molecule has 0 aromatic heterocycles. The Bertz CT molecular complexity index is 603. The quantitative estimate of drug-likeness (QED) is 0.845. The van der Waals surface area contributed by atoms with E-state index in [1.165, 1.54) is 6.07 Å². The van der Waals surface area contributed by atoms with Crippen LogP contribution in [0.4, 0.5) is 14.5 Å². The van der Waals surface area contributed by atoms with Crippen LogP contribution in [0.3, 0.4) is 0 Å². The molecule has 1 amide bonds. The van der Waals surface area contributed by atoms with Crippen LogP contribution in [0, 0.1) is 23.5 Å². The summed E-state index contributed by atoms with van der Waals surface area (Å²) in [5.74, 6) is -0.794. The minimum Gasteiger partial charge on any atom is -0.371 e. The molecular formula is C18H22F2N2O. The summed E-state index contributed by atoms with van der Waals surface area (Å²) in [5.41, 5.74) is 0.703. The Morgan fingerprint density at radius 1 is 1.26 bits per heavy atom. The first-order chi connectivity index (χ1) is 11.1. The number of anilines is 1. The molecule has 5 heteroatoms. The first kappa shape index (κ1) is 16.0. The zero-order valence-electron chi connectivity index (χ0n) is 13.1. The van der Waals surface area contributed by atoms with Crippen LogP contribution in [0.1, 0.15) is 25.7 Å². The molecule has 1 heterocycles. The van der Waals surface area contributed by atoms with Gasteiger partial charge in [0.1, 0.15) is 0 Å². The smallest absolute Gasteiger partial charge is 0.220 e. The maximum Gasteiger partial charge on any atom is 0.220 e. The summed E-state index contributed by atoms with van der Waals surface area (Å²) in [4.78, 5) is 14.0. The van der Waals surface area contributed by atoms with Crippen LogP contribution in [0.2, 0.25) is 0 Å². The number of hydrogen-bond acceptors (Lipinski definition) is 2. The lowest BCUT2D eigenvalue weighted by Gasteiger charge is -2.19. The maximum absolute atomic E-state index is 13.3. The lowest BCUT2D eigenvalue weighted by atomic mass is 10.0. The van der Waals surface area contributed by atoms with Gasteiger partial charge in [-0.05, 0) is 43.2 Å². The van der Waals surface area contributed by atoms with Gasteiger partial charge in [-0.1, -0.05) is 12.2 Å². The van der Waals surface area contributed by atoms with Crippen LogP contribution >= 0.6 is 0 Å². The van der Waals surface area contributed by atoms with Crippen molar-refractivity contribution in [2.24, 2.45) is 11.8 Å². The highest BCUT2D eigenvalue weighted by Gasteiger charge is 2.24. The Balaban J connectivity index is 1.45. The molecule has 23 heavy (non-hydrogen) atoms. The van der Waals surface area contributed by atoms with Crippen molar-refractivity contribution in [1.82, 2.24) is 5.32 Å². The molecule has 1 aliphatic heterocycles. The number of nitrogens with one attached hydrogen (secondary N) is 1. The van der Waals surface area contributed by atoms with Gasteiger partial charge < -0.3 is 10.2 Å². The van der Waals surface area contributed by atoms with Gasteiger partial charge in [0, 0.05) is 37.8 Å². The number of rotatable bonds is 5. The fraction of sp³-hybridized carbons (Fsp3) is 0.500. The summed E-state index contributed by atoms with van der Waals surface area (Å²) in [5, 5.41) is 3.01. The van der Waals surface area contributed by atoms with Gasteiger partial charge in [-0.2, -0.15) is 0 Å². The molecule has 124 valence electrons. The highest BCUT2D eigenvalue weighted by Crippen LogP contribution is 2.25. The van der Waals surface area contributed by atoms with Gasteiger partial charge in [0.25, 0.3) is 0 Å². The van der Waals surface area contributed by atoms with Crippen LogP contribution in [-0.4, -0.2) is 25.5 Å². The fourth-order valence-electron chi connectivity index (χ4n) is 3.35. The van der Waals surface area contributed by atoms with E-state index in [-0.39, 0.29) is 5.91 Å². The third kappa shape index (κ3) is 4.09. The summed E-state index contributed by atoms with van der Waals surface area (Å²) >= 11 is 0. The highest BCUT2D eigenvalue weighted by atomic mass is 19.2. The van der Waals surface area contributed by atoms with Gasteiger partial charge >= 0.3 is 0 Å². The number of amides is 1. The molecule has 1 N–H and O–H groups in total. The van der Waals surface area contributed by atoms with Crippen LogP contribution in [0.25, 0.3) is 0 Å². The molecule has 3 rings (SSSR count).